The molecule has 0 fully saturated rings. The molecule has 6 rings (SSSR count). The van der Waals surface area contributed by atoms with Gasteiger partial charge in [-0.2, -0.15) is 0 Å². The standard InChI is InChI=1S/C30H29N5O3/c1-18(2)11-14-34-16-22-26(20-7-4-8-21(15-20)38-30-31-12-6-13-32-30)28-24(17-35(19(3)36)29(28)37)33-23-9-5-10-25(34)27(22)23/h4-10,12-13,15-16,18,26,33H,11,14,17H2,1-3H3. The lowest BCUT2D eigenvalue weighted by molar-refractivity contribution is -0.139. The number of benzene rings is 2. The Kier molecular flexibility index (Phi) is 5.94. The van der Waals surface area contributed by atoms with Gasteiger partial charge in [0, 0.05) is 54.7 Å². The van der Waals surface area contributed by atoms with E-state index in [0.29, 0.717) is 17.2 Å². The van der Waals surface area contributed by atoms with Crippen LogP contribution in [0.1, 0.15) is 44.2 Å². The number of aromatic nitrogens is 3. The van der Waals surface area contributed by atoms with E-state index in [9.17, 15) is 9.59 Å². The summed E-state index contributed by atoms with van der Waals surface area (Å²) in [7, 11) is 0. The molecule has 4 heterocycles. The van der Waals surface area contributed by atoms with Crippen molar-refractivity contribution >= 4 is 28.4 Å². The summed E-state index contributed by atoms with van der Waals surface area (Å²) in [6, 6.07) is 15.9. The zero-order chi connectivity index (χ0) is 26.4. The van der Waals surface area contributed by atoms with Crippen LogP contribution in [0.15, 0.2) is 78.4 Å². The van der Waals surface area contributed by atoms with Crippen LogP contribution in [0.5, 0.6) is 11.8 Å². The molecule has 0 radical (unpaired) electrons. The van der Waals surface area contributed by atoms with E-state index in [1.165, 1.54) is 11.8 Å². The topological polar surface area (TPSA) is 89.3 Å². The van der Waals surface area contributed by atoms with Gasteiger partial charge in [0.05, 0.1) is 17.6 Å². The molecule has 0 saturated heterocycles. The second-order valence-electron chi connectivity index (χ2n) is 10.2. The third-order valence-corrected chi connectivity index (χ3v) is 7.21. The number of amides is 2. The zero-order valence-electron chi connectivity index (χ0n) is 21.6. The Morgan fingerprint density at radius 3 is 2.68 bits per heavy atom. The SMILES string of the molecule is CC(=O)N1CC2=C(C1=O)C(c1cccc(Oc3ncccn3)c1)c1cn(CCC(C)C)c3cccc(c13)N2. The Balaban J connectivity index is 1.53. The third-order valence-electron chi connectivity index (χ3n) is 7.21. The Morgan fingerprint density at radius 1 is 1.13 bits per heavy atom. The summed E-state index contributed by atoms with van der Waals surface area (Å²) in [5.74, 6) is 0.213. The normalized spacial score (nSPS) is 16.6. The van der Waals surface area contributed by atoms with Gasteiger partial charge in [-0.1, -0.05) is 32.0 Å². The number of hydrogen-bond donors (Lipinski definition) is 1. The van der Waals surface area contributed by atoms with Crippen LogP contribution in [0.3, 0.4) is 0 Å². The maximum absolute atomic E-state index is 13.7. The van der Waals surface area contributed by atoms with Crippen molar-refractivity contribution in [3.63, 3.8) is 0 Å². The highest BCUT2D eigenvalue weighted by Gasteiger charge is 2.41. The van der Waals surface area contributed by atoms with E-state index in [1.54, 1.807) is 18.5 Å². The van der Waals surface area contributed by atoms with Crippen molar-refractivity contribution in [1.29, 1.82) is 0 Å². The molecule has 192 valence electrons. The van der Waals surface area contributed by atoms with E-state index in [-0.39, 0.29) is 30.3 Å². The van der Waals surface area contributed by atoms with Gasteiger partial charge in [-0.25, -0.2) is 9.97 Å². The highest BCUT2D eigenvalue weighted by atomic mass is 16.5. The van der Waals surface area contributed by atoms with E-state index in [0.717, 1.165) is 46.4 Å². The first-order chi connectivity index (χ1) is 18.4. The molecule has 2 amide bonds. The minimum Gasteiger partial charge on any atom is -0.424 e. The summed E-state index contributed by atoms with van der Waals surface area (Å²) in [5, 5.41) is 4.63. The molecule has 38 heavy (non-hydrogen) atoms. The van der Waals surface area contributed by atoms with Crippen LogP contribution in [-0.2, 0) is 16.1 Å². The highest BCUT2D eigenvalue weighted by molar-refractivity contribution is 6.11. The van der Waals surface area contributed by atoms with Crippen LogP contribution in [-0.4, -0.2) is 37.8 Å². The van der Waals surface area contributed by atoms with Gasteiger partial charge in [-0.3, -0.25) is 14.5 Å². The van der Waals surface area contributed by atoms with Gasteiger partial charge < -0.3 is 14.6 Å². The predicted molar refractivity (Wildman–Crippen MR) is 145 cm³/mol. The Morgan fingerprint density at radius 2 is 1.92 bits per heavy atom. The van der Waals surface area contributed by atoms with Crippen LogP contribution >= 0.6 is 0 Å². The van der Waals surface area contributed by atoms with Crippen LogP contribution in [0.25, 0.3) is 10.9 Å². The Labute approximate surface area is 221 Å². The molecule has 0 bridgehead atoms. The van der Waals surface area contributed by atoms with Crippen LogP contribution in [0.2, 0.25) is 0 Å². The van der Waals surface area contributed by atoms with Crippen molar-refractivity contribution in [2.24, 2.45) is 5.92 Å². The lowest BCUT2D eigenvalue weighted by Gasteiger charge is -2.20. The van der Waals surface area contributed by atoms with E-state index < -0.39 is 0 Å². The van der Waals surface area contributed by atoms with Crippen LogP contribution in [0.4, 0.5) is 5.69 Å². The van der Waals surface area contributed by atoms with Gasteiger partial charge >= 0.3 is 6.01 Å². The number of aryl methyl sites for hydroxylation is 1. The quantitative estimate of drug-likeness (QED) is 0.372. The summed E-state index contributed by atoms with van der Waals surface area (Å²) in [6.07, 6.45) is 6.47. The molecule has 2 aromatic heterocycles. The fraction of sp³-hybridized carbons (Fsp3) is 0.267. The lowest BCUT2D eigenvalue weighted by Crippen LogP contribution is -2.33. The average molecular weight is 508 g/mol. The molecule has 4 aromatic rings. The summed E-state index contributed by atoms with van der Waals surface area (Å²) in [6.45, 7) is 6.97. The number of nitrogens with zero attached hydrogens (tertiary/aromatic N) is 4. The first-order valence-corrected chi connectivity index (χ1v) is 12.9. The van der Waals surface area contributed by atoms with Crippen molar-refractivity contribution in [2.45, 2.75) is 39.7 Å². The maximum atomic E-state index is 13.7. The number of ether oxygens (including phenoxy) is 1. The molecule has 2 aliphatic rings. The molecule has 0 spiro atoms. The molecule has 0 saturated carbocycles. The van der Waals surface area contributed by atoms with Gasteiger partial charge in [0.1, 0.15) is 5.75 Å². The second-order valence-corrected chi connectivity index (χ2v) is 10.2. The number of carbonyl (C=O) groups excluding carboxylic acids is 2. The number of hydrogen-bond acceptors (Lipinski definition) is 6. The number of anilines is 1. The number of rotatable bonds is 6. The van der Waals surface area contributed by atoms with Crippen molar-refractivity contribution in [2.75, 3.05) is 11.9 Å². The molecule has 2 aliphatic heterocycles. The highest BCUT2D eigenvalue weighted by Crippen LogP contribution is 2.47. The molecule has 8 nitrogen and oxygen atoms in total. The fourth-order valence-corrected chi connectivity index (χ4v) is 5.40. The molecular formula is C30H29N5O3. The zero-order valence-corrected chi connectivity index (χ0v) is 21.6. The largest absolute Gasteiger partial charge is 0.424 e. The second kappa shape index (κ2) is 9.45. The van der Waals surface area contributed by atoms with Crippen LogP contribution < -0.4 is 10.1 Å². The fourth-order valence-electron chi connectivity index (χ4n) is 5.40. The summed E-state index contributed by atoms with van der Waals surface area (Å²) >= 11 is 0. The molecule has 1 atom stereocenters. The Bertz CT molecular complexity index is 1590. The monoisotopic (exact) mass is 507 g/mol. The number of imide groups is 1. The van der Waals surface area contributed by atoms with Crippen LogP contribution in [0, 0.1) is 5.92 Å². The van der Waals surface area contributed by atoms with E-state index in [4.69, 9.17) is 4.74 Å². The minimum absolute atomic E-state index is 0.224. The molecule has 8 heteroatoms. The summed E-state index contributed by atoms with van der Waals surface area (Å²) in [5.41, 5.74) is 5.34. The van der Waals surface area contributed by atoms with Gasteiger partial charge in [-0.05, 0) is 53.8 Å². The van der Waals surface area contributed by atoms with Crippen molar-refractivity contribution in [3.05, 3.63) is 89.5 Å². The summed E-state index contributed by atoms with van der Waals surface area (Å²) < 4.78 is 8.23. The van der Waals surface area contributed by atoms with Crippen molar-refractivity contribution in [1.82, 2.24) is 19.4 Å². The van der Waals surface area contributed by atoms with Gasteiger partial charge in [0.15, 0.2) is 0 Å². The summed E-state index contributed by atoms with van der Waals surface area (Å²) in [4.78, 5) is 35.8. The van der Waals surface area contributed by atoms with Crippen molar-refractivity contribution in [3.8, 4) is 11.8 Å². The number of carbonyl (C=O) groups is 2. The van der Waals surface area contributed by atoms with Gasteiger partial charge in [0.2, 0.25) is 5.91 Å². The average Bonchev–Trinajstić information content (AvgIpc) is 3.38. The van der Waals surface area contributed by atoms with E-state index in [1.807, 2.05) is 36.4 Å². The maximum Gasteiger partial charge on any atom is 0.321 e. The molecule has 2 aromatic carbocycles. The smallest absolute Gasteiger partial charge is 0.321 e. The first-order valence-electron chi connectivity index (χ1n) is 12.9. The molecule has 0 aliphatic carbocycles. The van der Waals surface area contributed by atoms with E-state index in [2.05, 4.69) is 46.0 Å². The molecular weight excluding hydrogens is 478 g/mol. The first kappa shape index (κ1) is 23.9. The molecule has 1 N–H and O–H groups in total. The number of nitrogens with one attached hydrogen (secondary N) is 1. The van der Waals surface area contributed by atoms with Gasteiger partial charge in [-0.15, -0.1) is 0 Å². The molecule has 1 unspecified atom stereocenters. The van der Waals surface area contributed by atoms with Gasteiger partial charge in [0.25, 0.3) is 5.91 Å². The van der Waals surface area contributed by atoms with Crippen molar-refractivity contribution < 1.29 is 14.3 Å². The van der Waals surface area contributed by atoms with E-state index >= 15 is 0 Å². The predicted octanol–water partition coefficient (Wildman–Crippen LogP) is 5.47. The minimum atomic E-state index is -0.388. The third kappa shape index (κ3) is 4.12. The lowest BCUT2D eigenvalue weighted by atomic mass is 9.84. The Hall–Kier alpha value is -4.46.